The van der Waals surface area contributed by atoms with Crippen molar-refractivity contribution in [2.24, 2.45) is 0 Å². The highest BCUT2D eigenvalue weighted by Crippen LogP contribution is 2.25. The third kappa shape index (κ3) is 5.95. The summed E-state index contributed by atoms with van der Waals surface area (Å²) in [6.45, 7) is 5.24. The van der Waals surface area contributed by atoms with Crippen molar-refractivity contribution in [3.63, 3.8) is 0 Å². The molecule has 6 heteroatoms. The number of rotatable bonds is 13. The lowest BCUT2D eigenvalue weighted by Crippen LogP contribution is -2.66. The molecule has 3 N–H and O–H groups in total. The van der Waals surface area contributed by atoms with Crippen LogP contribution in [0.3, 0.4) is 0 Å². The number of hydrogen-bond acceptors (Lipinski definition) is 3. The van der Waals surface area contributed by atoms with Gasteiger partial charge in [-0.15, -0.1) is 0 Å². The first-order valence-electron chi connectivity index (χ1n) is 8.49. The number of quaternary nitrogens is 1. The van der Waals surface area contributed by atoms with Gasteiger partial charge >= 0.3 is 11.9 Å². The van der Waals surface area contributed by atoms with Crippen molar-refractivity contribution in [1.29, 1.82) is 0 Å². The van der Waals surface area contributed by atoms with Gasteiger partial charge in [-0.1, -0.05) is 39.7 Å². The molecule has 0 saturated carbocycles. The summed E-state index contributed by atoms with van der Waals surface area (Å²) in [5, 5.41) is 28.9. The Bertz CT molecular complexity index is 372. The Labute approximate surface area is 139 Å². The van der Waals surface area contributed by atoms with Crippen LogP contribution in [0, 0.1) is 0 Å². The second kappa shape index (κ2) is 11.2. The lowest BCUT2D eigenvalue weighted by atomic mass is 10.0. The van der Waals surface area contributed by atoms with Crippen molar-refractivity contribution in [2.45, 2.75) is 71.4 Å². The number of carbonyl (C=O) groups is 2. The summed E-state index contributed by atoms with van der Waals surface area (Å²) in [7, 11) is 0. The predicted molar refractivity (Wildman–Crippen MR) is 88.9 cm³/mol. The Morgan fingerprint density at radius 1 is 0.957 bits per heavy atom. The number of nitrogens with zero attached hydrogens (tertiary/aromatic N) is 1. The third-order valence-electron chi connectivity index (χ3n) is 4.43. The molecule has 2 atom stereocenters. The molecule has 23 heavy (non-hydrogen) atoms. The second-order valence-electron chi connectivity index (χ2n) is 5.92. The summed E-state index contributed by atoms with van der Waals surface area (Å²) in [5.41, 5.74) is 0. The molecule has 0 amide bonds. The van der Waals surface area contributed by atoms with Gasteiger partial charge in [-0.25, -0.2) is 9.59 Å². The number of aliphatic hydroxyl groups excluding tert-OH is 1. The normalized spacial score (nSPS) is 16.9. The highest BCUT2D eigenvalue weighted by Gasteiger charge is 2.48. The Morgan fingerprint density at radius 3 is 1.83 bits per heavy atom. The van der Waals surface area contributed by atoms with Crippen LogP contribution in [0.25, 0.3) is 0 Å². The van der Waals surface area contributed by atoms with Crippen LogP contribution in [0.1, 0.15) is 59.3 Å². The van der Waals surface area contributed by atoms with Crippen LogP contribution >= 0.6 is 0 Å². The molecular formula is C17H32NO5+. The first-order chi connectivity index (χ1) is 10.9. The van der Waals surface area contributed by atoms with Crippen LogP contribution in [0.2, 0.25) is 0 Å². The van der Waals surface area contributed by atoms with E-state index in [9.17, 15) is 24.9 Å². The van der Waals surface area contributed by atoms with Crippen LogP contribution < -0.4 is 0 Å². The van der Waals surface area contributed by atoms with Gasteiger partial charge in [0.2, 0.25) is 0 Å². The maximum atomic E-state index is 11.6. The van der Waals surface area contributed by atoms with Crippen LogP contribution in [-0.2, 0) is 9.59 Å². The maximum absolute atomic E-state index is 11.6. The van der Waals surface area contributed by atoms with Gasteiger partial charge in [0, 0.05) is 12.8 Å². The molecule has 0 aliphatic heterocycles. The van der Waals surface area contributed by atoms with Gasteiger partial charge in [0.05, 0.1) is 0 Å². The van der Waals surface area contributed by atoms with Crippen molar-refractivity contribution in [2.75, 3.05) is 13.3 Å². The van der Waals surface area contributed by atoms with E-state index in [1.54, 1.807) is 13.8 Å². The first kappa shape index (κ1) is 21.6. The molecule has 0 heterocycles. The standard InChI is InChI=1S/C17H31NO5/c1-4-7-8-9-10-11-12-18(13-19,14(5-2)16(20)21)15(6-3)17(22)23/h10-11,14-15,19H,4-9,12-13H2,1-3H3,(H-,20,21,22,23)/p+1/b11-10+. The van der Waals surface area contributed by atoms with Crippen LogP contribution in [0.5, 0.6) is 0 Å². The molecule has 0 aromatic carbocycles. The number of hydrogen-bond donors (Lipinski definition) is 3. The summed E-state index contributed by atoms with van der Waals surface area (Å²) in [6.07, 6.45) is 8.50. The van der Waals surface area contributed by atoms with E-state index in [0.29, 0.717) is 0 Å². The molecule has 0 saturated heterocycles. The highest BCUT2D eigenvalue weighted by atomic mass is 16.4. The number of carboxylic acids is 2. The molecule has 0 aromatic heterocycles. The van der Waals surface area contributed by atoms with Crippen LogP contribution in [-0.4, -0.2) is 57.1 Å². The van der Waals surface area contributed by atoms with E-state index < -0.39 is 30.8 Å². The molecule has 134 valence electrons. The molecule has 2 unspecified atom stereocenters. The van der Waals surface area contributed by atoms with Crippen LogP contribution in [0.15, 0.2) is 12.2 Å². The van der Waals surface area contributed by atoms with Gasteiger partial charge in [0.1, 0.15) is 6.54 Å². The van der Waals surface area contributed by atoms with Crippen LogP contribution in [0.4, 0.5) is 0 Å². The summed E-state index contributed by atoms with van der Waals surface area (Å²) < 4.78 is -0.359. The maximum Gasteiger partial charge on any atom is 0.362 e. The number of carboxylic acid groups (broad SMARTS) is 2. The molecule has 0 aliphatic rings. The van der Waals surface area contributed by atoms with Gasteiger partial charge in [-0.3, -0.25) is 4.48 Å². The zero-order chi connectivity index (χ0) is 17.9. The van der Waals surface area contributed by atoms with E-state index in [4.69, 9.17) is 0 Å². The molecule has 6 nitrogen and oxygen atoms in total. The van der Waals surface area contributed by atoms with E-state index in [0.717, 1.165) is 25.7 Å². The van der Waals surface area contributed by atoms with Crippen molar-refractivity contribution in [1.82, 2.24) is 0 Å². The van der Waals surface area contributed by atoms with E-state index in [1.807, 2.05) is 12.2 Å². The fourth-order valence-corrected chi connectivity index (χ4v) is 3.14. The van der Waals surface area contributed by atoms with Crippen molar-refractivity contribution in [3.8, 4) is 0 Å². The first-order valence-corrected chi connectivity index (χ1v) is 8.49. The van der Waals surface area contributed by atoms with Gasteiger partial charge in [0.15, 0.2) is 18.8 Å². The Hall–Kier alpha value is -1.40. The molecule has 0 aliphatic carbocycles. The summed E-state index contributed by atoms with van der Waals surface area (Å²) >= 11 is 0. The second-order valence-corrected chi connectivity index (χ2v) is 5.92. The minimum atomic E-state index is -1.07. The number of unbranched alkanes of at least 4 members (excludes halogenated alkanes) is 3. The molecule has 0 radical (unpaired) electrons. The zero-order valence-electron chi connectivity index (χ0n) is 14.6. The summed E-state index contributed by atoms with van der Waals surface area (Å²) in [4.78, 5) is 23.2. The van der Waals surface area contributed by atoms with Crippen molar-refractivity contribution in [3.05, 3.63) is 12.2 Å². The van der Waals surface area contributed by atoms with Crippen molar-refractivity contribution >= 4 is 11.9 Å². The zero-order valence-corrected chi connectivity index (χ0v) is 14.6. The Morgan fingerprint density at radius 2 is 1.48 bits per heavy atom. The minimum absolute atomic E-state index is 0.207. The van der Waals surface area contributed by atoms with Gasteiger partial charge < -0.3 is 15.3 Å². The lowest BCUT2D eigenvalue weighted by molar-refractivity contribution is -0.969. The van der Waals surface area contributed by atoms with E-state index in [-0.39, 0.29) is 23.9 Å². The van der Waals surface area contributed by atoms with Crippen molar-refractivity contribution < 1.29 is 29.4 Å². The smallest absolute Gasteiger partial charge is 0.362 e. The molecule has 0 aromatic rings. The van der Waals surface area contributed by atoms with Gasteiger partial charge in [-0.2, -0.15) is 0 Å². The minimum Gasteiger partial charge on any atom is -0.477 e. The molecule has 0 spiro atoms. The predicted octanol–water partition coefficient (Wildman–Crippen LogP) is 2.62. The summed E-state index contributed by atoms with van der Waals surface area (Å²) in [6, 6.07) is -1.89. The molecule has 0 rings (SSSR count). The quantitative estimate of drug-likeness (QED) is 0.209. The lowest BCUT2D eigenvalue weighted by Gasteiger charge is -2.44. The Kier molecular flexibility index (Phi) is 10.5. The number of aliphatic hydroxyl groups is 1. The van der Waals surface area contributed by atoms with E-state index in [1.165, 1.54) is 0 Å². The summed E-state index contributed by atoms with van der Waals surface area (Å²) in [5.74, 6) is -2.14. The molecule has 0 fully saturated rings. The fraction of sp³-hybridized carbons (Fsp3) is 0.765. The largest absolute Gasteiger partial charge is 0.477 e. The van der Waals surface area contributed by atoms with Gasteiger partial charge in [0.25, 0.3) is 0 Å². The Balaban J connectivity index is 5.41. The fourth-order valence-electron chi connectivity index (χ4n) is 3.14. The monoisotopic (exact) mass is 330 g/mol. The number of aliphatic carboxylic acids is 2. The molecular weight excluding hydrogens is 298 g/mol. The van der Waals surface area contributed by atoms with E-state index >= 15 is 0 Å². The van der Waals surface area contributed by atoms with E-state index in [2.05, 4.69) is 6.92 Å². The topological polar surface area (TPSA) is 94.8 Å². The third-order valence-corrected chi connectivity index (χ3v) is 4.43. The average molecular weight is 330 g/mol. The van der Waals surface area contributed by atoms with Gasteiger partial charge in [-0.05, 0) is 18.9 Å². The SMILES string of the molecule is CCCCC/C=C/C[N+](CO)(C(CC)C(=O)O)C(CC)C(=O)O. The highest BCUT2D eigenvalue weighted by molar-refractivity contribution is 5.75. The number of allylic oxidation sites excluding steroid dienone is 1. The molecule has 0 bridgehead atoms. The average Bonchev–Trinajstić information content (AvgIpc) is 2.50.